The van der Waals surface area contributed by atoms with Crippen molar-refractivity contribution in [3.05, 3.63) is 23.8 Å². The lowest BCUT2D eigenvalue weighted by Crippen LogP contribution is -2.30. The van der Waals surface area contributed by atoms with Crippen molar-refractivity contribution in [2.45, 2.75) is 37.6 Å². The predicted molar refractivity (Wildman–Crippen MR) is 72.6 cm³/mol. The Morgan fingerprint density at radius 2 is 2.06 bits per heavy atom. The summed E-state index contributed by atoms with van der Waals surface area (Å²) in [6.45, 7) is 5.92. The van der Waals surface area contributed by atoms with Crippen LogP contribution in [0.4, 0.5) is 0 Å². The number of hydrogen-bond acceptors (Lipinski definition) is 3. The summed E-state index contributed by atoms with van der Waals surface area (Å²) in [5.41, 5.74) is 0.671. The van der Waals surface area contributed by atoms with Crippen LogP contribution in [0, 0.1) is 0 Å². The van der Waals surface area contributed by atoms with Gasteiger partial charge in [-0.15, -0.1) is 11.6 Å². The van der Waals surface area contributed by atoms with E-state index in [-0.39, 0.29) is 16.8 Å². The van der Waals surface area contributed by atoms with E-state index in [1.165, 1.54) is 6.07 Å². The van der Waals surface area contributed by atoms with E-state index in [1.54, 1.807) is 26.0 Å². The Hall–Kier alpha value is -0.780. The molecular weight excluding hydrogens is 274 g/mol. The minimum Gasteiger partial charge on any atom is -0.494 e. The first-order chi connectivity index (χ1) is 8.40. The van der Waals surface area contributed by atoms with Gasteiger partial charge in [-0.25, -0.2) is 13.1 Å². The van der Waals surface area contributed by atoms with Crippen molar-refractivity contribution >= 4 is 21.6 Å². The maximum atomic E-state index is 12.0. The Balaban J connectivity index is 3.12. The van der Waals surface area contributed by atoms with Gasteiger partial charge in [0.15, 0.2) is 0 Å². The Kier molecular flexibility index (Phi) is 5.44. The molecule has 1 aromatic rings. The van der Waals surface area contributed by atoms with Gasteiger partial charge in [-0.05, 0) is 39.0 Å². The van der Waals surface area contributed by atoms with Crippen molar-refractivity contribution in [1.29, 1.82) is 0 Å². The van der Waals surface area contributed by atoms with Gasteiger partial charge < -0.3 is 4.74 Å². The number of halogens is 1. The highest BCUT2D eigenvalue weighted by molar-refractivity contribution is 7.89. The highest BCUT2D eigenvalue weighted by atomic mass is 35.5. The Bertz CT molecular complexity index is 500. The fourth-order valence-corrected chi connectivity index (χ4v) is 3.01. The second kappa shape index (κ2) is 6.41. The van der Waals surface area contributed by atoms with E-state index < -0.39 is 10.0 Å². The monoisotopic (exact) mass is 291 g/mol. The summed E-state index contributed by atoms with van der Waals surface area (Å²) in [6, 6.07) is 4.55. The van der Waals surface area contributed by atoms with Crippen LogP contribution in [0.15, 0.2) is 23.1 Å². The standard InChI is InChI=1S/C12H18ClNO3S/c1-4-17-12-6-5-11(7-10(12)8-13)18(15,16)14-9(2)3/h5-7,9,14H,4,8H2,1-3H3. The van der Waals surface area contributed by atoms with Gasteiger partial charge >= 0.3 is 0 Å². The topological polar surface area (TPSA) is 55.4 Å². The number of hydrogen-bond donors (Lipinski definition) is 1. The zero-order chi connectivity index (χ0) is 13.8. The highest BCUT2D eigenvalue weighted by Crippen LogP contribution is 2.24. The van der Waals surface area contributed by atoms with E-state index in [0.717, 1.165) is 0 Å². The van der Waals surface area contributed by atoms with E-state index in [2.05, 4.69) is 4.72 Å². The largest absolute Gasteiger partial charge is 0.494 e. The predicted octanol–water partition coefficient (Wildman–Crippen LogP) is 2.51. The van der Waals surface area contributed by atoms with E-state index >= 15 is 0 Å². The van der Waals surface area contributed by atoms with Gasteiger partial charge in [0.25, 0.3) is 0 Å². The fraction of sp³-hybridized carbons (Fsp3) is 0.500. The summed E-state index contributed by atoms with van der Waals surface area (Å²) in [5, 5.41) is 0. The molecule has 1 aromatic carbocycles. The smallest absolute Gasteiger partial charge is 0.240 e. The fourth-order valence-electron chi connectivity index (χ4n) is 1.50. The molecule has 0 atom stereocenters. The van der Waals surface area contributed by atoms with Crippen LogP contribution in [-0.4, -0.2) is 21.1 Å². The second-order valence-corrected chi connectivity index (χ2v) is 6.09. The Labute approximate surface area is 113 Å². The van der Waals surface area contributed by atoms with Crippen molar-refractivity contribution in [3.8, 4) is 5.75 Å². The van der Waals surface area contributed by atoms with Crippen molar-refractivity contribution < 1.29 is 13.2 Å². The van der Waals surface area contributed by atoms with E-state index in [4.69, 9.17) is 16.3 Å². The van der Waals surface area contributed by atoms with Gasteiger partial charge in [0.2, 0.25) is 10.0 Å². The number of nitrogens with one attached hydrogen (secondary N) is 1. The lowest BCUT2D eigenvalue weighted by Gasteiger charge is -2.12. The van der Waals surface area contributed by atoms with E-state index in [9.17, 15) is 8.42 Å². The first-order valence-electron chi connectivity index (χ1n) is 5.74. The molecule has 1 N–H and O–H groups in total. The normalized spacial score (nSPS) is 11.8. The number of alkyl halides is 1. The summed E-state index contributed by atoms with van der Waals surface area (Å²) in [6.07, 6.45) is 0. The van der Waals surface area contributed by atoms with Gasteiger partial charge in [-0.3, -0.25) is 0 Å². The Morgan fingerprint density at radius 3 is 2.56 bits per heavy atom. The van der Waals surface area contributed by atoms with Crippen LogP contribution in [0.3, 0.4) is 0 Å². The first kappa shape index (κ1) is 15.3. The summed E-state index contributed by atoms with van der Waals surface area (Å²) < 4.78 is 31.9. The maximum absolute atomic E-state index is 12.0. The van der Waals surface area contributed by atoms with E-state index in [0.29, 0.717) is 17.9 Å². The van der Waals surface area contributed by atoms with Gasteiger partial charge in [0, 0.05) is 11.6 Å². The van der Waals surface area contributed by atoms with Crippen LogP contribution in [-0.2, 0) is 15.9 Å². The van der Waals surface area contributed by atoms with E-state index in [1.807, 2.05) is 6.92 Å². The number of benzene rings is 1. The van der Waals surface area contributed by atoms with Crippen molar-refractivity contribution in [3.63, 3.8) is 0 Å². The molecule has 0 amide bonds. The average Bonchev–Trinajstić information content (AvgIpc) is 2.28. The maximum Gasteiger partial charge on any atom is 0.240 e. The zero-order valence-electron chi connectivity index (χ0n) is 10.7. The summed E-state index contributed by atoms with van der Waals surface area (Å²) in [4.78, 5) is 0.204. The molecule has 0 saturated heterocycles. The molecular formula is C12H18ClNO3S. The third-order valence-corrected chi connectivity index (χ3v) is 4.12. The van der Waals surface area contributed by atoms with Gasteiger partial charge in [-0.2, -0.15) is 0 Å². The quantitative estimate of drug-likeness (QED) is 0.819. The van der Waals surface area contributed by atoms with Crippen LogP contribution in [0.5, 0.6) is 5.75 Å². The van der Waals surface area contributed by atoms with Crippen LogP contribution < -0.4 is 9.46 Å². The first-order valence-corrected chi connectivity index (χ1v) is 7.76. The molecule has 4 nitrogen and oxygen atoms in total. The molecule has 0 unspecified atom stereocenters. The highest BCUT2D eigenvalue weighted by Gasteiger charge is 2.17. The lowest BCUT2D eigenvalue weighted by molar-refractivity contribution is 0.337. The van der Waals surface area contributed by atoms with Crippen LogP contribution in [0.2, 0.25) is 0 Å². The number of ether oxygens (including phenoxy) is 1. The van der Waals surface area contributed by atoms with Crippen LogP contribution >= 0.6 is 11.6 Å². The average molecular weight is 292 g/mol. The third kappa shape index (κ3) is 3.86. The van der Waals surface area contributed by atoms with Crippen LogP contribution in [0.25, 0.3) is 0 Å². The SMILES string of the molecule is CCOc1ccc(S(=O)(=O)NC(C)C)cc1CCl. The molecule has 0 aliphatic carbocycles. The molecule has 0 saturated carbocycles. The molecule has 0 aliphatic rings. The minimum atomic E-state index is -3.49. The van der Waals surface area contributed by atoms with Crippen LogP contribution in [0.1, 0.15) is 26.3 Å². The van der Waals surface area contributed by atoms with Gasteiger partial charge in [0.05, 0.1) is 17.4 Å². The molecule has 1 rings (SSSR count). The minimum absolute atomic E-state index is 0.152. The summed E-state index contributed by atoms with van der Waals surface area (Å²) in [7, 11) is -3.49. The van der Waals surface area contributed by atoms with Crippen molar-refractivity contribution in [2.24, 2.45) is 0 Å². The Morgan fingerprint density at radius 1 is 1.39 bits per heavy atom. The summed E-state index contributed by atoms with van der Waals surface area (Å²) in [5.74, 6) is 0.830. The molecule has 102 valence electrons. The molecule has 0 aliphatic heterocycles. The molecule has 0 bridgehead atoms. The van der Waals surface area contributed by atoms with Gasteiger partial charge in [-0.1, -0.05) is 0 Å². The molecule has 0 fully saturated rings. The molecule has 0 heterocycles. The summed E-state index contributed by atoms with van der Waals surface area (Å²) >= 11 is 5.80. The molecule has 0 aromatic heterocycles. The zero-order valence-corrected chi connectivity index (χ0v) is 12.3. The molecule has 0 spiro atoms. The second-order valence-electron chi connectivity index (χ2n) is 4.11. The molecule has 6 heteroatoms. The number of rotatable bonds is 6. The van der Waals surface area contributed by atoms with Crippen molar-refractivity contribution in [2.75, 3.05) is 6.61 Å². The lowest BCUT2D eigenvalue weighted by atomic mass is 10.2. The van der Waals surface area contributed by atoms with Gasteiger partial charge in [0.1, 0.15) is 5.75 Å². The van der Waals surface area contributed by atoms with Crippen molar-refractivity contribution in [1.82, 2.24) is 4.72 Å². The number of sulfonamides is 1. The third-order valence-electron chi connectivity index (χ3n) is 2.18. The molecule has 0 radical (unpaired) electrons. The molecule has 18 heavy (non-hydrogen) atoms.